The number of hydrogen-bond donors (Lipinski definition) is 5. The summed E-state index contributed by atoms with van der Waals surface area (Å²) in [6.07, 6.45) is 2.92. The van der Waals surface area contributed by atoms with Gasteiger partial charge in [0, 0.05) is 125 Å². The first-order valence-electron chi connectivity index (χ1n) is 37.4. The lowest BCUT2D eigenvalue weighted by Gasteiger charge is -2.43. The summed E-state index contributed by atoms with van der Waals surface area (Å²) in [5.41, 5.74) is 8.46. The van der Waals surface area contributed by atoms with Crippen molar-refractivity contribution in [3.05, 3.63) is 108 Å². The summed E-state index contributed by atoms with van der Waals surface area (Å²) in [5, 5.41) is 72.9. The van der Waals surface area contributed by atoms with Crippen molar-refractivity contribution < 1.29 is 112 Å². The van der Waals surface area contributed by atoms with Crippen molar-refractivity contribution in [2.24, 2.45) is 29.6 Å². The molecule has 111 heavy (non-hydrogen) atoms. The lowest BCUT2D eigenvalue weighted by atomic mass is 9.84. The van der Waals surface area contributed by atoms with E-state index in [2.05, 4.69) is 30.9 Å². The number of esters is 2. The number of carbonyl (C=O) groups excluding carboxylic acids is 7. The van der Waals surface area contributed by atoms with E-state index in [-0.39, 0.29) is 92.2 Å². The zero-order chi connectivity index (χ0) is 80.6. The number of carbonyl (C=O) groups is 9. The van der Waals surface area contributed by atoms with Gasteiger partial charge in [0.1, 0.15) is 53.7 Å². The molecule has 6 aromatic rings. The van der Waals surface area contributed by atoms with Gasteiger partial charge in [0.25, 0.3) is 23.6 Å². The van der Waals surface area contributed by atoms with Crippen LogP contribution in [0.5, 0.6) is 0 Å². The molecule has 0 bridgehead atoms. The van der Waals surface area contributed by atoms with Crippen LogP contribution in [-0.2, 0) is 106 Å². The third-order valence-corrected chi connectivity index (χ3v) is 19.6. The van der Waals surface area contributed by atoms with E-state index in [1.807, 2.05) is 134 Å². The number of hydroxylamine groups is 4. The van der Waals surface area contributed by atoms with Crippen LogP contribution in [0.15, 0.2) is 91.4 Å². The molecule has 604 valence electrons. The molecule has 5 saturated heterocycles. The predicted octanol–water partition coefficient (Wildman–Crippen LogP) is 7.56. The van der Waals surface area contributed by atoms with E-state index in [0.717, 1.165) is 44.8 Å². The van der Waals surface area contributed by atoms with Crippen LogP contribution >= 0.6 is 0 Å². The Morgan fingerprint density at radius 1 is 0.459 bits per heavy atom. The van der Waals surface area contributed by atoms with Crippen LogP contribution in [0.4, 0.5) is 0 Å². The summed E-state index contributed by atoms with van der Waals surface area (Å²) >= 11 is 0. The Hall–Kier alpha value is -9.65. The number of amides is 4. The van der Waals surface area contributed by atoms with Gasteiger partial charge in [0.15, 0.2) is 18.9 Å². The van der Waals surface area contributed by atoms with Crippen molar-refractivity contribution in [1.82, 2.24) is 55.1 Å². The highest BCUT2D eigenvalue weighted by Crippen LogP contribution is 2.37. The van der Waals surface area contributed by atoms with Crippen LogP contribution in [0.25, 0.3) is 33.8 Å². The number of hydrogen-bond acceptors (Lipinski definition) is 27. The Morgan fingerprint density at radius 3 is 1.14 bits per heavy atom. The highest BCUT2D eigenvalue weighted by molar-refractivity contribution is 6.01. The topological polar surface area (TPSA) is 436 Å². The molecule has 8 heterocycles. The lowest BCUT2D eigenvalue weighted by molar-refractivity contribution is -0.279. The number of aliphatic hydroxyl groups is 2. The molecule has 34 heteroatoms. The van der Waals surface area contributed by atoms with E-state index >= 15 is 0 Å². The Labute approximate surface area is 642 Å². The molecule has 15 atom stereocenters. The van der Waals surface area contributed by atoms with E-state index in [1.54, 1.807) is 27.2 Å². The zero-order valence-corrected chi connectivity index (χ0v) is 64.3. The Bertz CT molecular complexity index is 4060. The van der Waals surface area contributed by atoms with Gasteiger partial charge in [-0.1, -0.05) is 122 Å². The number of aliphatic hydroxyl groups excluding tert-OH is 2. The molecule has 0 spiro atoms. The van der Waals surface area contributed by atoms with Crippen LogP contribution in [0, 0.1) is 50.4 Å². The largest absolute Gasteiger partial charge is 0.481 e. The van der Waals surface area contributed by atoms with Crippen LogP contribution in [-0.4, -0.2) is 216 Å². The third kappa shape index (κ3) is 26.0. The van der Waals surface area contributed by atoms with Gasteiger partial charge in [-0.3, -0.25) is 43.6 Å². The maximum atomic E-state index is 12.0. The molecule has 11 rings (SSSR count). The molecular formula is C77H103N11O23. The van der Waals surface area contributed by atoms with Crippen molar-refractivity contribution in [1.29, 1.82) is 0 Å². The van der Waals surface area contributed by atoms with Gasteiger partial charge in [0.2, 0.25) is 0 Å². The number of unbranched alkanes of at least 4 members (excludes halogenated alkanes) is 3. The van der Waals surface area contributed by atoms with Gasteiger partial charge in [-0.05, 0) is 77.5 Å². The number of nitrogens with zero attached hydrogens (tertiary/aromatic N) is 11. The number of benzene rings is 3. The molecule has 0 radical (unpaired) electrons. The second-order valence-electron chi connectivity index (χ2n) is 28.6. The quantitative estimate of drug-likeness (QED) is 0.0126. The Kier molecular flexibility index (Phi) is 33.0. The summed E-state index contributed by atoms with van der Waals surface area (Å²) in [7, 11) is 0. The minimum absolute atomic E-state index is 0.00330. The summed E-state index contributed by atoms with van der Waals surface area (Å²) in [4.78, 5) is 105. The van der Waals surface area contributed by atoms with Crippen molar-refractivity contribution in [2.45, 2.75) is 234 Å². The maximum absolute atomic E-state index is 12.0. The number of aryl methyl sites for hydroxylation is 3. The molecule has 0 saturated carbocycles. The summed E-state index contributed by atoms with van der Waals surface area (Å²) in [6.45, 7) is 20.5. The fourth-order valence-corrected chi connectivity index (χ4v) is 13.0. The number of rotatable bonds is 30. The van der Waals surface area contributed by atoms with Gasteiger partial charge in [0.05, 0.1) is 44.3 Å². The molecule has 0 aliphatic carbocycles. The van der Waals surface area contributed by atoms with E-state index in [9.17, 15) is 53.4 Å². The SMILES string of the molecule is CC(=O)OC1C(Cn2cc(-c3cccc(C)c3)nn2)OC(OCCCCC(=O)O)C(C)C1C.CC(=O)OC1C(Cn2cc(-c3cccc(C)c3)nn2)OC(OCCCCC(=O)ON2C(=O)CCC2=O)C(C)C1C.Cc1cccc(-c2cn(CC3OC(OCCCCC(=O)O)C(C)C(O)C3O)nn2)c1.O=C1CCC(=O)N1O. The monoisotopic (exact) mass is 1550 g/mol. The van der Waals surface area contributed by atoms with Crippen molar-refractivity contribution in [2.75, 3.05) is 19.8 Å². The van der Waals surface area contributed by atoms with E-state index in [1.165, 1.54) is 13.8 Å². The van der Waals surface area contributed by atoms with E-state index in [0.29, 0.717) is 82.2 Å². The molecule has 34 nitrogen and oxygen atoms in total. The molecular weight excluding hydrogens is 1450 g/mol. The van der Waals surface area contributed by atoms with Gasteiger partial charge in [-0.2, -0.15) is 5.06 Å². The molecule has 5 N–H and O–H groups in total. The zero-order valence-electron chi connectivity index (χ0n) is 64.3. The summed E-state index contributed by atoms with van der Waals surface area (Å²) in [5.74, 6) is -5.62. The first-order valence-corrected chi connectivity index (χ1v) is 37.4. The number of aliphatic carboxylic acids is 2. The minimum atomic E-state index is -1.08. The molecule has 5 aliphatic rings. The van der Waals surface area contributed by atoms with Crippen LogP contribution in [0.2, 0.25) is 0 Å². The normalized spacial score (nSPS) is 25.0. The molecule has 3 aromatic carbocycles. The molecule has 5 fully saturated rings. The highest BCUT2D eigenvalue weighted by Gasteiger charge is 2.47. The van der Waals surface area contributed by atoms with E-state index < -0.39 is 109 Å². The Morgan fingerprint density at radius 2 is 0.802 bits per heavy atom. The number of ether oxygens (including phenoxy) is 8. The number of carboxylic acid groups (broad SMARTS) is 2. The lowest BCUT2D eigenvalue weighted by Crippen LogP contribution is -2.55. The van der Waals surface area contributed by atoms with Crippen LogP contribution in [0.3, 0.4) is 0 Å². The maximum Gasteiger partial charge on any atom is 0.333 e. The van der Waals surface area contributed by atoms with Gasteiger partial charge in [-0.15, -0.1) is 20.4 Å². The average Bonchev–Trinajstić information content (AvgIpc) is 1.10. The van der Waals surface area contributed by atoms with Gasteiger partial charge >= 0.3 is 29.8 Å². The molecule has 5 aliphatic heterocycles. The van der Waals surface area contributed by atoms with Crippen LogP contribution < -0.4 is 0 Å². The van der Waals surface area contributed by atoms with Crippen molar-refractivity contribution in [3.63, 3.8) is 0 Å². The fraction of sp³-hybridized carbons (Fsp3) is 0.571. The number of aromatic nitrogens is 9. The summed E-state index contributed by atoms with van der Waals surface area (Å²) < 4.78 is 52.4. The first kappa shape index (κ1) is 86.9. The first-order chi connectivity index (χ1) is 52.9. The fourth-order valence-electron chi connectivity index (χ4n) is 13.0. The van der Waals surface area contributed by atoms with Gasteiger partial charge in [-0.25, -0.2) is 18.8 Å². The molecule has 15 unspecified atom stereocenters. The second kappa shape index (κ2) is 42.1. The number of imide groups is 2. The van der Waals surface area contributed by atoms with Crippen LogP contribution in [0.1, 0.15) is 149 Å². The number of carboxylic acids is 2. The summed E-state index contributed by atoms with van der Waals surface area (Å²) in [6, 6.07) is 23.9. The highest BCUT2D eigenvalue weighted by atomic mass is 16.7. The Balaban J connectivity index is 0.000000200. The standard InChI is InChI=1S/C28H36N4O8.C24H33N3O6.C21H29N3O6.C4H5NO3/c1-17-8-7-9-21(14-17)22-15-31(30-29-22)16-23-27(38-20(4)33)18(2)19(3)28(39-23)37-13-6-5-10-26(36)40-32-24(34)11-12-25(32)35;1-15-8-7-9-19(12-15)20-13-27(26-25-20)14-21-23(32-18(4)28)16(2)17(3)24(33-21)31-11-6-5-10-22(29)30;1-13-6-5-7-15(10-13)16-11-24(23-22-16)12-17-20(28)19(27)14(2)21(30-17)29-9-4-3-8-18(25)26;6-3-1-2-4(7)5(3)8/h7-9,14-15,18-19,23,27-28H,5-6,10-13,16H2,1-4H3;7-9,12-13,16-17,21,23-24H,5-6,10-11,14H2,1-4H3,(H,29,30);5-7,10-11,14,17,19-21,27-28H,3-4,8-9,12H2,1-2H3,(H,25,26);8H,1-2H2. The molecule has 4 amide bonds. The van der Waals surface area contributed by atoms with Gasteiger partial charge < -0.3 is 63.2 Å². The van der Waals surface area contributed by atoms with Crippen molar-refractivity contribution in [3.8, 4) is 33.8 Å². The molecule has 3 aromatic heterocycles. The second-order valence-corrected chi connectivity index (χ2v) is 28.6. The third-order valence-electron chi connectivity index (χ3n) is 19.6. The average molecular weight is 1550 g/mol. The van der Waals surface area contributed by atoms with Crippen molar-refractivity contribution >= 4 is 53.5 Å². The van der Waals surface area contributed by atoms with E-state index in [4.69, 9.17) is 58.2 Å². The minimum Gasteiger partial charge on any atom is -0.481 e. The predicted molar refractivity (Wildman–Crippen MR) is 390 cm³/mol. The smallest absolute Gasteiger partial charge is 0.333 e.